The van der Waals surface area contributed by atoms with Crippen LogP contribution in [-0.2, 0) is 0 Å². The van der Waals surface area contributed by atoms with Gasteiger partial charge in [0.2, 0.25) is 0 Å². The normalized spacial score (nSPS) is 12.8. The van der Waals surface area contributed by atoms with Crippen molar-refractivity contribution in [3.05, 3.63) is 34.1 Å². The van der Waals surface area contributed by atoms with Gasteiger partial charge in [-0.2, -0.15) is 0 Å². The number of hydrogen-bond acceptors (Lipinski definition) is 1. The van der Waals surface area contributed by atoms with Crippen LogP contribution in [0.15, 0.2) is 12.1 Å². The smallest absolute Gasteiger partial charge is 0.127 e. The zero-order valence-electron chi connectivity index (χ0n) is 10.1. The summed E-state index contributed by atoms with van der Waals surface area (Å²) in [5.74, 6) is -0.237. The van der Waals surface area contributed by atoms with Crippen molar-refractivity contribution in [1.29, 1.82) is 0 Å². The van der Waals surface area contributed by atoms with Crippen LogP contribution >= 0.6 is 11.6 Å². The van der Waals surface area contributed by atoms with Gasteiger partial charge in [-0.15, -0.1) is 0 Å². The average molecular weight is 244 g/mol. The third-order valence-electron chi connectivity index (χ3n) is 2.70. The fourth-order valence-corrected chi connectivity index (χ4v) is 2.02. The van der Waals surface area contributed by atoms with E-state index in [1.807, 2.05) is 6.07 Å². The molecule has 1 N–H and O–H groups in total. The highest BCUT2D eigenvalue weighted by molar-refractivity contribution is 6.31. The molecule has 1 aromatic rings. The topological polar surface area (TPSA) is 12.0 Å². The van der Waals surface area contributed by atoms with Crippen LogP contribution in [0, 0.1) is 12.7 Å². The van der Waals surface area contributed by atoms with Gasteiger partial charge < -0.3 is 5.32 Å². The highest BCUT2D eigenvalue weighted by Crippen LogP contribution is 2.27. The van der Waals surface area contributed by atoms with E-state index in [1.54, 1.807) is 6.92 Å². The molecule has 0 amide bonds. The molecule has 0 aliphatic heterocycles. The molecule has 0 aromatic heterocycles. The summed E-state index contributed by atoms with van der Waals surface area (Å²) in [6.45, 7) is 6.94. The number of aryl methyl sites for hydroxylation is 1. The fourth-order valence-electron chi connectivity index (χ4n) is 1.74. The summed E-state index contributed by atoms with van der Waals surface area (Å²) in [5.41, 5.74) is 1.65. The number of halogens is 2. The SMILES string of the molecule is CCCNC(CC)c1cc(C)c(F)cc1Cl. The van der Waals surface area contributed by atoms with Crippen molar-refractivity contribution in [1.82, 2.24) is 5.32 Å². The maximum Gasteiger partial charge on any atom is 0.127 e. The Labute approximate surface area is 102 Å². The molecule has 1 aromatic carbocycles. The molecule has 0 radical (unpaired) electrons. The summed E-state index contributed by atoms with van der Waals surface area (Å²) in [5, 5.41) is 3.93. The van der Waals surface area contributed by atoms with Crippen molar-refractivity contribution in [3.63, 3.8) is 0 Å². The summed E-state index contributed by atoms with van der Waals surface area (Å²) >= 11 is 6.07. The largest absolute Gasteiger partial charge is 0.310 e. The second kappa shape index (κ2) is 6.21. The molecule has 1 rings (SSSR count). The van der Waals surface area contributed by atoms with Gasteiger partial charge in [0.05, 0.1) is 0 Å². The lowest BCUT2D eigenvalue weighted by Crippen LogP contribution is -2.22. The molecule has 0 bridgehead atoms. The Balaban J connectivity index is 2.95. The zero-order chi connectivity index (χ0) is 12.1. The molecule has 1 unspecified atom stereocenters. The molecule has 0 aliphatic rings. The Kier molecular flexibility index (Phi) is 5.23. The first kappa shape index (κ1) is 13.5. The van der Waals surface area contributed by atoms with E-state index in [-0.39, 0.29) is 11.9 Å². The summed E-state index contributed by atoms with van der Waals surface area (Å²) in [4.78, 5) is 0. The van der Waals surface area contributed by atoms with Crippen molar-refractivity contribution in [3.8, 4) is 0 Å². The van der Waals surface area contributed by atoms with Crippen LogP contribution in [0.2, 0.25) is 5.02 Å². The monoisotopic (exact) mass is 243 g/mol. The van der Waals surface area contributed by atoms with Gasteiger partial charge in [-0.3, -0.25) is 0 Å². The standard InChI is InChI=1S/C13H19ClFN/c1-4-6-16-13(5-2)10-7-9(3)12(15)8-11(10)14/h7-8,13,16H,4-6H2,1-3H3. The van der Waals surface area contributed by atoms with E-state index >= 15 is 0 Å². The van der Waals surface area contributed by atoms with E-state index in [1.165, 1.54) is 6.07 Å². The number of hydrogen-bond donors (Lipinski definition) is 1. The molecule has 0 saturated carbocycles. The predicted molar refractivity (Wildman–Crippen MR) is 67.5 cm³/mol. The minimum atomic E-state index is -0.237. The third-order valence-corrected chi connectivity index (χ3v) is 3.03. The molecule has 0 aliphatic carbocycles. The molecule has 0 spiro atoms. The number of nitrogens with one attached hydrogen (secondary N) is 1. The first-order chi connectivity index (χ1) is 7.60. The molecular weight excluding hydrogens is 225 g/mol. The van der Waals surface area contributed by atoms with Gasteiger partial charge in [0.15, 0.2) is 0 Å². The first-order valence-corrected chi connectivity index (χ1v) is 6.16. The number of rotatable bonds is 5. The van der Waals surface area contributed by atoms with Crippen LogP contribution < -0.4 is 5.32 Å². The van der Waals surface area contributed by atoms with Crippen LogP contribution in [0.1, 0.15) is 43.9 Å². The maximum atomic E-state index is 13.3. The van der Waals surface area contributed by atoms with E-state index in [0.29, 0.717) is 10.6 Å². The van der Waals surface area contributed by atoms with E-state index in [4.69, 9.17) is 11.6 Å². The van der Waals surface area contributed by atoms with Crippen LogP contribution in [0.5, 0.6) is 0 Å². The minimum Gasteiger partial charge on any atom is -0.310 e. The van der Waals surface area contributed by atoms with Crippen LogP contribution in [0.25, 0.3) is 0 Å². The highest BCUT2D eigenvalue weighted by Gasteiger charge is 2.14. The van der Waals surface area contributed by atoms with Crippen LogP contribution in [0.4, 0.5) is 4.39 Å². The van der Waals surface area contributed by atoms with Gasteiger partial charge >= 0.3 is 0 Å². The number of benzene rings is 1. The molecule has 1 nitrogen and oxygen atoms in total. The van der Waals surface area contributed by atoms with Crippen molar-refractivity contribution >= 4 is 11.6 Å². The quantitative estimate of drug-likeness (QED) is 0.816. The molecule has 3 heteroatoms. The van der Waals surface area contributed by atoms with E-state index in [2.05, 4.69) is 19.2 Å². The Morgan fingerprint density at radius 2 is 2.06 bits per heavy atom. The van der Waals surface area contributed by atoms with Gasteiger partial charge in [-0.05, 0) is 43.5 Å². The van der Waals surface area contributed by atoms with Gasteiger partial charge in [0, 0.05) is 11.1 Å². The molecular formula is C13H19ClFN. The lowest BCUT2D eigenvalue weighted by molar-refractivity contribution is 0.516. The lowest BCUT2D eigenvalue weighted by Gasteiger charge is -2.19. The second-order valence-electron chi connectivity index (χ2n) is 4.04. The molecule has 0 saturated heterocycles. The zero-order valence-corrected chi connectivity index (χ0v) is 10.9. The average Bonchev–Trinajstić information content (AvgIpc) is 2.26. The molecule has 90 valence electrons. The van der Waals surface area contributed by atoms with Crippen LogP contribution in [-0.4, -0.2) is 6.54 Å². The molecule has 0 heterocycles. The summed E-state index contributed by atoms with van der Waals surface area (Å²) in [7, 11) is 0. The molecule has 0 fully saturated rings. The minimum absolute atomic E-state index is 0.215. The second-order valence-corrected chi connectivity index (χ2v) is 4.45. The summed E-state index contributed by atoms with van der Waals surface area (Å²) in [6.07, 6.45) is 2.03. The highest BCUT2D eigenvalue weighted by atomic mass is 35.5. The molecule has 16 heavy (non-hydrogen) atoms. The van der Waals surface area contributed by atoms with E-state index < -0.39 is 0 Å². The van der Waals surface area contributed by atoms with Crippen molar-refractivity contribution < 1.29 is 4.39 Å². The fraction of sp³-hybridized carbons (Fsp3) is 0.538. The van der Waals surface area contributed by atoms with E-state index in [0.717, 1.165) is 24.9 Å². The summed E-state index contributed by atoms with van der Waals surface area (Å²) < 4.78 is 13.3. The third kappa shape index (κ3) is 3.19. The van der Waals surface area contributed by atoms with Crippen molar-refractivity contribution in [2.45, 2.75) is 39.7 Å². The first-order valence-electron chi connectivity index (χ1n) is 5.79. The Morgan fingerprint density at radius 3 is 2.62 bits per heavy atom. The Morgan fingerprint density at radius 1 is 1.38 bits per heavy atom. The maximum absolute atomic E-state index is 13.3. The van der Waals surface area contributed by atoms with Crippen LogP contribution in [0.3, 0.4) is 0 Å². The van der Waals surface area contributed by atoms with Gasteiger partial charge in [0.25, 0.3) is 0 Å². The predicted octanol–water partition coefficient (Wildman–Crippen LogP) is 4.24. The van der Waals surface area contributed by atoms with Gasteiger partial charge in [-0.25, -0.2) is 4.39 Å². The van der Waals surface area contributed by atoms with Gasteiger partial charge in [0.1, 0.15) is 5.82 Å². The van der Waals surface area contributed by atoms with Crippen molar-refractivity contribution in [2.75, 3.05) is 6.54 Å². The summed E-state index contributed by atoms with van der Waals surface area (Å²) in [6, 6.07) is 3.46. The Bertz CT molecular complexity index is 352. The van der Waals surface area contributed by atoms with Gasteiger partial charge in [-0.1, -0.05) is 31.5 Å². The van der Waals surface area contributed by atoms with Crippen molar-refractivity contribution in [2.24, 2.45) is 0 Å². The molecule has 1 atom stereocenters. The Hall–Kier alpha value is -0.600. The van der Waals surface area contributed by atoms with E-state index in [9.17, 15) is 4.39 Å². The lowest BCUT2D eigenvalue weighted by atomic mass is 10.0.